The number of hydrogen-bond acceptors (Lipinski definition) is 0. The highest BCUT2D eigenvalue weighted by Gasteiger charge is 2.43. The lowest BCUT2D eigenvalue weighted by molar-refractivity contribution is -0.107. The highest BCUT2D eigenvalue weighted by molar-refractivity contribution is 4.84. The summed E-state index contributed by atoms with van der Waals surface area (Å²) < 4.78 is 26.2. The smallest absolute Gasteiger partial charge is 0.207 e. The molecule has 2 atom stereocenters. The van der Waals surface area contributed by atoms with E-state index in [0.717, 1.165) is 6.42 Å². The highest BCUT2D eigenvalue weighted by Crippen LogP contribution is 2.43. The molecule has 0 nitrogen and oxygen atoms in total. The van der Waals surface area contributed by atoms with Crippen molar-refractivity contribution in [3.8, 4) is 0 Å². The first-order valence-corrected chi connectivity index (χ1v) is 4.45. The van der Waals surface area contributed by atoms with Gasteiger partial charge in [0.15, 0.2) is 0 Å². The summed E-state index contributed by atoms with van der Waals surface area (Å²) in [6.07, 6.45) is 2.41. The third-order valence-electron chi connectivity index (χ3n) is 2.84. The first-order valence-electron chi connectivity index (χ1n) is 4.45. The van der Waals surface area contributed by atoms with Crippen LogP contribution in [0.4, 0.5) is 8.78 Å². The molecule has 1 aliphatic rings. The summed E-state index contributed by atoms with van der Waals surface area (Å²) in [6.45, 7) is 3.81. The molecule has 1 aliphatic carbocycles. The zero-order valence-corrected chi connectivity index (χ0v) is 7.24. The van der Waals surface area contributed by atoms with Crippen molar-refractivity contribution in [2.75, 3.05) is 0 Å². The Balaban J connectivity index is 2.64. The Labute approximate surface area is 67.0 Å². The molecule has 0 aromatic heterocycles. The van der Waals surface area contributed by atoms with Crippen molar-refractivity contribution in [2.45, 2.75) is 45.5 Å². The van der Waals surface area contributed by atoms with Crippen LogP contribution in [-0.4, -0.2) is 5.92 Å². The Kier molecular flexibility index (Phi) is 2.50. The van der Waals surface area contributed by atoms with Gasteiger partial charge in [0.05, 0.1) is 0 Å². The van der Waals surface area contributed by atoms with E-state index in [2.05, 4.69) is 0 Å². The molecule has 1 saturated carbocycles. The van der Waals surface area contributed by atoms with E-state index in [9.17, 15) is 8.78 Å². The second-order valence-electron chi connectivity index (χ2n) is 3.65. The van der Waals surface area contributed by atoms with Crippen LogP contribution in [0.3, 0.4) is 0 Å². The molecule has 0 amide bonds. The van der Waals surface area contributed by atoms with Gasteiger partial charge in [0.2, 0.25) is 0 Å². The minimum atomic E-state index is -2.38. The maximum atomic E-state index is 13.1. The zero-order chi connectivity index (χ0) is 8.48. The Morgan fingerprint density at radius 3 is 2.45 bits per heavy atom. The average molecular weight is 162 g/mol. The fraction of sp³-hybridized carbons (Fsp3) is 1.00. The van der Waals surface area contributed by atoms with Gasteiger partial charge >= 0.3 is 0 Å². The summed E-state index contributed by atoms with van der Waals surface area (Å²) in [5, 5.41) is 0. The van der Waals surface area contributed by atoms with Crippen molar-refractivity contribution >= 4 is 0 Å². The van der Waals surface area contributed by atoms with Gasteiger partial charge in [-0.05, 0) is 18.8 Å². The Morgan fingerprint density at radius 1 is 1.45 bits per heavy atom. The predicted molar refractivity (Wildman–Crippen MR) is 41.7 cm³/mol. The molecule has 66 valence electrons. The number of halogens is 2. The Bertz CT molecular complexity index is 132. The molecule has 0 spiro atoms. The molecule has 0 bridgehead atoms. The second kappa shape index (κ2) is 3.08. The van der Waals surface area contributed by atoms with Crippen LogP contribution in [-0.2, 0) is 0 Å². The van der Waals surface area contributed by atoms with Gasteiger partial charge < -0.3 is 0 Å². The van der Waals surface area contributed by atoms with E-state index in [-0.39, 0.29) is 18.3 Å². The summed E-state index contributed by atoms with van der Waals surface area (Å²) in [5.74, 6) is -2.54. The van der Waals surface area contributed by atoms with Gasteiger partial charge in [0.25, 0.3) is 5.92 Å². The molecular formula is C9H16F2. The summed E-state index contributed by atoms with van der Waals surface area (Å²) in [7, 11) is 0. The predicted octanol–water partition coefficient (Wildman–Crippen LogP) is 3.47. The molecular weight excluding hydrogens is 146 g/mol. The molecule has 1 rings (SSSR count). The first-order chi connectivity index (χ1) is 5.08. The molecule has 0 aromatic carbocycles. The highest BCUT2D eigenvalue weighted by atomic mass is 19.3. The third-order valence-corrected chi connectivity index (χ3v) is 2.84. The van der Waals surface area contributed by atoms with Crippen molar-refractivity contribution in [3.05, 3.63) is 0 Å². The molecule has 0 aliphatic heterocycles. The van der Waals surface area contributed by atoms with Crippen LogP contribution in [0.2, 0.25) is 0 Å². The van der Waals surface area contributed by atoms with Gasteiger partial charge in [-0.1, -0.05) is 20.3 Å². The first kappa shape index (κ1) is 8.95. The number of alkyl halides is 2. The van der Waals surface area contributed by atoms with E-state index in [4.69, 9.17) is 0 Å². The molecule has 2 unspecified atom stereocenters. The van der Waals surface area contributed by atoms with Gasteiger partial charge in [-0.25, -0.2) is 8.78 Å². The lowest BCUT2D eigenvalue weighted by Crippen LogP contribution is -2.36. The van der Waals surface area contributed by atoms with Gasteiger partial charge in [-0.2, -0.15) is 0 Å². The quantitative estimate of drug-likeness (QED) is 0.553. The summed E-state index contributed by atoms with van der Waals surface area (Å²) in [6, 6.07) is 0. The maximum Gasteiger partial charge on any atom is 0.251 e. The molecule has 0 N–H and O–H groups in total. The standard InChI is InChI=1S/C9H16F2/c1-3-8-7(2)5-4-6-9(8,10)11/h7-8H,3-6H2,1-2H3. The third kappa shape index (κ3) is 1.71. The summed E-state index contributed by atoms with van der Waals surface area (Å²) in [4.78, 5) is 0. The van der Waals surface area contributed by atoms with Crippen molar-refractivity contribution in [1.29, 1.82) is 0 Å². The van der Waals surface area contributed by atoms with Crippen LogP contribution in [0.1, 0.15) is 39.5 Å². The Hall–Kier alpha value is -0.140. The topological polar surface area (TPSA) is 0 Å². The van der Waals surface area contributed by atoms with E-state index < -0.39 is 5.92 Å². The van der Waals surface area contributed by atoms with Crippen LogP contribution in [0, 0.1) is 11.8 Å². The second-order valence-corrected chi connectivity index (χ2v) is 3.65. The van der Waals surface area contributed by atoms with E-state index in [0.29, 0.717) is 12.8 Å². The fourth-order valence-corrected chi connectivity index (χ4v) is 2.16. The van der Waals surface area contributed by atoms with Crippen LogP contribution in [0.5, 0.6) is 0 Å². The molecule has 0 heterocycles. The van der Waals surface area contributed by atoms with E-state index >= 15 is 0 Å². The lowest BCUT2D eigenvalue weighted by Gasteiger charge is -2.35. The van der Waals surface area contributed by atoms with Gasteiger partial charge in [-0.3, -0.25) is 0 Å². The minimum Gasteiger partial charge on any atom is -0.207 e. The minimum absolute atomic E-state index is 0.107. The summed E-state index contributed by atoms with van der Waals surface area (Å²) >= 11 is 0. The number of rotatable bonds is 1. The van der Waals surface area contributed by atoms with Crippen LogP contribution >= 0.6 is 0 Å². The zero-order valence-electron chi connectivity index (χ0n) is 7.24. The molecule has 0 saturated heterocycles. The Morgan fingerprint density at radius 2 is 2.09 bits per heavy atom. The maximum absolute atomic E-state index is 13.1. The van der Waals surface area contributed by atoms with Crippen LogP contribution in [0.15, 0.2) is 0 Å². The normalized spacial score (nSPS) is 37.1. The molecule has 0 radical (unpaired) electrons. The average Bonchev–Trinajstić information content (AvgIpc) is 1.86. The number of hydrogen-bond donors (Lipinski definition) is 0. The van der Waals surface area contributed by atoms with Gasteiger partial charge in [-0.15, -0.1) is 0 Å². The van der Waals surface area contributed by atoms with Crippen molar-refractivity contribution in [1.82, 2.24) is 0 Å². The monoisotopic (exact) mass is 162 g/mol. The van der Waals surface area contributed by atoms with Crippen molar-refractivity contribution in [3.63, 3.8) is 0 Å². The SMILES string of the molecule is CCC1C(C)CCCC1(F)F. The van der Waals surface area contributed by atoms with E-state index in [1.165, 1.54) is 0 Å². The van der Waals surface area contributed by atoms with E-state index in [1.54, 1.807) is 0 Å². The molecule has 2 heteroatoms. The van der Waals surface area contributed by atoms with Crippen molar-refractivity contribution < 1.29 is 8.78 Å². The molecule has 11 heavy (non-hydrogen) atoms. The lowest BCUT2D eigenvalue weighted by atomic mass is 9.76. The van der Waals surface area contributed by atoms with E-state index in [1.807, 2.05) is 13.8 Å². The van der Waals surface area contributed by atoms with Crippen molar-refractivity contribution in [2.24, 2.45) is 11.8 Å². The fourth-order valence-electron chi connectivity index (χ4n) is 2.16. The van der Waals surface area contributed by atoms with Gasteiger partial charge in [0.1, 0.15) is 0 Å². The van der Waals surface area contributed by atoms with Crippen LogP contribution < -0.4 is 0 Å². The summed E-state index contributed by atoms with van der Waals surface area (Å²) in [5.41, 5.74) is 0. The van der Waals surface area contributed by atoms with Crippen LogP contribution in [0.25, 0.3) is 0 Å². The molecule has 1 fully saturated rings. The van der Waals surface area contributed by atoms with Gasteiger partial charge in [0, 0.05) is 12.3 Å². The largest absolute Gasteiger partial charge is 0.251 e. The molecule has 0 aromatic rings.